The second kappa shape index (κ2) is 8.63. The highest BCUT2D eigenvalue weighted by molar-refractivity contribution is 7.92. The number of halogens is 5. The lowest BCUT2D eigenvalue weighted by molar-refractivity contribution is -0.191. The SMILES string of the molecule is CN(C(=O)C1CS(=O)(=O)C1)[C@@H](c1ccc(NC2Cc3ccc(Cl)c(Cl)c3C2)cn1)C(F)(F)F. The summed E-state index contributed by atoms with van der Waals surface area (Å²) >= 11 is 12.3. The van der Waals surface area contributed by atoms with Crippen molar-refractivity contribution in [3.63, 3.8) is 0 Å². The fourth-order valence-electron chi connectivity index (χ4n) is 4.33. The standard InChI is InChI=1S/C21H20Cl2F3N3O3S/c1-29(20(30)12-9-33(31,32)10-12)19(21(24,25)26)17-5-3-13(8-27-17)28-14-6-11-2-4-16(22)18(23)15(11)7-14/h2-5,8,12,14,19,28H,6-7,9-10H2,1H3/t14?,19-/m0/s1. The minimum atomic E-state index is -4.78. The van der Waals surface area contributed by atoms with E-state index in [0.29, 0.717) is 33.5 Å². The Morgan fingerprint density at radius 3 is 2.45 bits per heavy atom. The minimum absolute atomic E-state index is 0.0214. The number of hydrogen-bond donors (Lipinski definition) is 1. The number of alkyl halides is 3. The van der Waals surface area contributed by atoms with Crippen LogP contribution in [0.1, 0.15) is 22.9 Å². The number of sulfone groups is 1. The van der Waals surface area contributed by atoms with Crippen molar-refractivity contribution < 1.29 is 26.4 Å². The molecule has 0 spiro atoms. The first-order valence-corrected chi connectivity index (χ1v) is 12.7. The van der Waals surface area contributed by atoms with Gasteiger partial charge < -0.3 is 10.2 Å². The monoisotopic (exact) mass is 521 g/mol. The van der Waals surface area contributed by atoms with Crippen molar-refractivity contribution in [2.45, 2.75) is 31.1 Å². The van der Waals surface area contributed by atoms with Gasteiger partial charge in [0.2, 0.25) is 5.91 Å². The van der Waals surface area contributed by atoms with Gasteiger partial charge in [-0.15, -0.1) is 0 Å². The molecule has 178 valence electrons. The van der Waals surface area contributed by atoms with Crippen LogP contribution in [0.3, 0.4) is 0 Å². The predicted molar refractivity (Wildman–Crippen MR) is 119 cm³/mol. The van der Waals surface area contributed by atoms with Gasteiger partial charge in [-0.3, -0.25) is 9.78 Å². The smallest absolute Gasteiger partial charge is 0.380 e. The van der Waals surface area contributed by atoms with E-state index < -0.39 is 45.4 Å². The molecule has 2 aliphatic rings. The van der Waals surface area contributed by atoms with E-state index in [4.69, 9.17) is 23.2 Å². The quantitative estimate of drug-likeness (QED) is 0.641. The second-order valence-corrected chi connectivity index (χ2v) is 11.3. The highest BCUT2D eigenvalue weighted by Gasteiger charge is 2.49. The van der Waals surface area contributed by atoms with Gasteiger partial charge in [0.15, 0.2) is 15.9 Å². The van der Waals surface area contributed by atoms with Crippen molar-refractivity contribution in [1.29, 1.82) is 0 Å². The molecule has 1 aliphatic carbocycles. The molecule has 33 heavy (non-hydrogen) atoms. The molecule has 1 aromatic carbocycles. The predicted octanol–water partition coefficient (Wildman–Crippen LogP) is 4.07. The van der Waals surface area contributed by atoms with Gasteiger partial charge in [-0.25, -0.2) is 8.42 Å². The number of aromatic nitrogens is 1. The molecule has 6 nitrogen and oxygen atoms in total. The zero-order valence-corrected chi connectivity index (χ0v) is 19.7. The van der Waals surface area contributed by atoms with Crippen LogP contribution in [0.5, 0.6) is 0 Å². The summed E-state index contributed by atoms with van der Waals surface area (Å²) in [5.41, 5.74) is 2.18. The number of anilines is 1. The number of carbonyl (C=O) groups is 1. The number of amides is 1. The summed E-state index contributed by atoms with van der Waals surface area (Å²) in [4.78, 5) is 16.9. The van der Waals surface area contributed by atoms with Crippen LogP contribution in [0.25, 0.3) is 0 Å². The maximum Gasteiger partial charge on any atom is 0.414 e. The van der Waals surface area contributed by atoms with E-state index in [9.17, 15) is 26.4 Å². The van der Waals surface area contributed by atoms with Gasteiger partial charge >= 0.3 is 6.18 Å². The molecule has 0 bridgehead atoms. The van der Waals surface area contributed by atoms with Crippen molar-refractivity contribution in [3.8, 4) is 0 Å². The van der Waals surface area contributed by atoms with Gasteiger partial charge in [0, 0.05) is 13.1 Å². The lowest BCUT2D eigenvalue weighted by Gasteiger charge is -2.34. The molecule has 1 fully saturated rings. The Morgan fingerprint density at radius 2 is 1.88 bits per heavy atom. The summed E-state index contributed by atoms with van der Waals surface area (Å²) in [7, 11) is -2.33. The third-order valence-electron chi connectivity index (χ3n) is 5.95. The molecule has 1 N–H and O–H groups in total. The number of rotatable bonds is 5. The Hall–Kier alpha value is -2.04. The average Bonchev–Trinajstić information content (AvgIpc) is 3.12. The summed E-state index contributed by atoms with van der Waals surface area (Å²) in [5, 5.41) is 4.22. The summed E-state index contributed by atoms with van der Waals surface area (Å²) < 4.78 is 64.1. The van der Waals surface area contributed by atoms with E-state index in [0.717, 1.165) is 18.2 Å². The van der Waals surface area contributed by atoms with E-state index in [2.05, 4.69) is 10.3 Å². The molecule has 1 aliphatic heterocycles. The normalized spacial score (nSPS) is 20.6. The lowest BCUT2D eigenvalue weighted by atomic mass is 10.1. The van der Waals surface area contributed by atoms with E-state index in [1.807, 2.05) is 6.07 Å². The first-order chi connectivity index (χ1) is 15.4. The first kappa shape index (κ1) is 24.1. The number of nitrogens with one attached hydrogen (secondary N) is 1. The molecule has 0 saturated carbocycles. The van der Waals surface area contributed by atoms with E-state index in [1.165, 1.54) is 18.3 Å². The number of fused-ring (bicyclic) bond motifs is 1. The van der Waals surface area contributed by atoms with Crippen LogP contribution in [0.15, 0.2) is 30.5 Å². The van der Waals surface area contributed by atoms with Gasteiger partial charge in [0.1, 0.15) is 0 Å². The van der Waals surface area contributed by atoms with Gasteiger partial charge in [-0.2, -0.15) is 13.2 Å². The first-order valence-electron chi connectivity index (χ1n) is 10.1. The molecule has 4 rings (SSSR count). The van der Waals surface area contributed by atoms with Crippen LogP contribution in [-0.2, 0) is 27.5 Å². The van der Waals surface area contributed by atoms with Gasteiger partial charge in [-0.05, 0) is 42.2 Å². The largest absolute Gasteiger partial charge is 0.414 e. The summed E-state index contributed by atoms with van der Waals surface area (Å²) in [6, 6.07) is 4.03. The highest BCUT2D eigenvalue weighted by atomic mass is 35.5. The molecule has 1 amide bonds. The molecule has 1 aromatic heterocycles. The topological polar surface area (TPSA) is 79.4 Å². The number of pyridine rings is 1. The number of carbonyl (C=O) groups excluding carboxylic acids is 1. The molecular formula is C21H20Cl2F3N3O3S. The maximum atomic E-state index is 13.8. The van der Waals surface area contributed by atoms with Crippen molar-refractivity contribution in [2.24, 2.45) is 5.92 Å². The Balaban J connectivity index is 1.47. The molecule has 12 heteroatoms. The molecule has 0 radical (unpaired) electrons. The fourth-order valence-corrected chi connectivity index (χ4v) is 6.18. The Morgan fingerprint density at radius 1 is 1.18 bits per heavy atom. The highest BCUT2D eigenvalue weighted by Crippen LogP contribution is 2.38. The number of benzene rings is 1. The summed E-state index contributed by atoms with van der Waals surface area (Å²) in [5.74, 6) is -2.70. The van der Waals surface area contributed by atoms with Crippen molar-refractivity contribution in [3.05, 3.63) is 57.3 Å². The zero-order valence-electron chi connectivity index (χ0n) is 17.4. The van der Waals surface area contributed by atoms with Crippen LogP contribution < -0.4 is 5.32 Å². The van der Waals surface area contributed by atoms with Gasteiger partial charge in [-0.1, -0.05) is 29.3 Å². The van der Waals surface area contributed by atoms with Crippen molar-refractivity contribution in [2.75, 3.05) is 23.9 Å². The van der Waals surface area contributed by atoms with Crippen LogP contribution in [0, 0.1) is 5.92 Å². The third kappa shape index (κ3) is 4.93. The second-order valence-electron chi connectivity index (χ2n) is 8.39. The van der Waals surface area contributed by atoms with Gasteiger partial charge in [0.25, 0.3) is 0 Å². The van der Waals surface area contributed by atoms with Crippen LogP contribution in [-0.4, -0.2) is 55.0 Å². The third-order valence-corrected chi connectivity index (χ3v) is 8.62. The molecule has 2 atom stereocenters. The molecular weight excluding hydrogens is 502 g/mol. The minimum Gasteiger partial charge on any atom is -0.380 e. The van der Waals surface area contributed by atoms with Crippen molar-refractivity contribution >= 4 is 44.6 Å². The Labute approximate surface area is 199 Å². The molecule has 2 aromatic rings. The van der Waals surface area contributed by atoms with Crippen LogP contribution >= 0.6 is 23.2 Å². The Bertz CT molecular complexity index is 1180. The number of hydrogen-bond acceptors (Lipinski definition) is 5. The molecule has 1 saturated heterocycles. The van der Waals surface area contributed by atoms with E-state index in [-0.39, 0.29) is 11.7 Å². The Kier molecular flexibility index (Phi) is 6.30. The van der Waals surface area contributed by atoms with Crippen LogP contribution in [0.4, 0.5) is 18.9 Å². The van der Waals surface area contributed by atoms with Gasteiger partial charge in [0.05, 0.1) is 45.0 Å². The average molecular weight is 522 g/mol. The fraction of sp³-hybridized carbons (Fsp3) is 0.429. The summed E-state index contributed by atoms with van der Waals surface area (Å²) in [6.07, 6.45) is -2.19. The zero-order chi connectivity index (χ0) is 24.1. The van der Waals surface area contributed by atoms with E-state index in [1.54, 1.807) is 6.07 Å². The summed E-state index contributed by atoms with van der Waals surface area (Å²) in [6.45, 7) is 0. The lowest BCUT2D eigenvalue weighted by Crippen LogP contribution is -2.50. The molecule has 2 heterocycles. The van der Waals surface area contributed by atoms with Crippen molar-refractivity contribution in [1.82, 2.24) is 9.88 Å². The maximum absolute atomic E-state index is 13.8. The number of nitrogens with zero attached hydrogens (tertiary/aromatic N) is 2. The molecule has 1 unspecified atom stereocenters. The van der Waals surface area contributed by atoms with E-state index >= 15 is 0 Å². The van der Waals surface area contributed by atoms with Crippen LogP contribution in [0.2, 0.25) is 10.0 Å².